The Labute approximate surface area is 318 Å². The highest BCUT2D eigenvalue weighted by molar-refractivity contribution is 7.91. The molecular formula is C39H45FN6O8S. The van der Waals surface area contributed by atoms with Crippen molar-refractivity contribution in [2.24, 2.45) is 5.92 Å². The van der Waals surface area contributed by atoms with Crippen LogP contribution in [0, 0.1) is 18.7 Å². The number of hydrogen-bond donors (Lipinski definition) is 3. The average molecular weight is 777 g/mol. The number of nitrogens with one attached hydrogen (secondary N) is 3. The highest BCUT2D eigenvalue weighted by atomic mass is 32.2. The third-order valence-corrected chi connectivity index (χ3v) is 13.2. The third kappa shape index (κ3) is 7.48. The molecule has 292 valence electrons. The predicted octanol–water partition coefficient (Wildman–Crippen LogP) is 3.94. The lowest BCUT2D eigenvalue weighted by atomic mass is 9.73. The van der Waals surface area contributed by atoms with Gasteiger partial charge < -0.3 is 24.7 Å². The number of ether oxygens (including phenoxy) is 1. The van der Waals surface area contributed by atoms with Crippen LogP contribution in [0.1, 0.15) is 87.2 Å². The number of para-hydroxylation sites is 1. The first-order valence-corrected chi connectivity index (χ1v) is 20.3. The topological polar surface area (TPSA) is 190 Å². The lowest BCUT2D eigenvalue weighted by Crippen LogP contribution is -2.67. The van der Waals surface area contributed by atoms with Crippen molar-refractivity contribution in [3.63, 3.8) is 0 Å². The van der Waals surface area contributed by atoms with E-state index in [4.69, 9.17) is 9.15 Å². The maximum Gasteiger partial charge on any atom is 0.287 e. The van der Waals surface area contributed by atoms with Gasteiger partial charge >= 0.3 is 0 Å². The summed E-state index contributed by atoms with van der Waals surface area (Å²) in [6.45, 7) is 4.99. The first-order valence-electron chi connectivity index (χ1n) is 18.8. The van der Waals surface area contributed by atoms with Crippen LogP contribution >= 0.6 is 0 Å². The van der Waals surface area contributed by atoms with Crippen molar-refractivity contribution in [2.45, 2.75) is 107 Å². The zero-order chi connectivity index (χ0) is 39.1. The van der Waals surface area contributed by atoms with Gasteiger partial charge in [0, 0.05) is 12.3 Å². The van der Waals surface area contributed by atoms with Crippen molar-refractivity contribution in [3.05, 3.63) is 77.7 Å². The first-order chi connectivity index (χ1) is 26.2. The molecule has 2 aromatic heterocycles. The zero-order valence-corrected chi connectivity index (χ0v) is 31.8. The van der Waals surface area contributed by atoms with Crippen LogP contribution in [0.15, 0.2) is 59.1 Å². The van der Waals surface area contributed by atoms with E-state index in [2.05, 4.69) is 25.3 Å². The van der Waals surface area contributed by atoms with Gasteiger partial charge in [-0.05, 0) is 76.6 Å². The average Bonchev–Trinajstić information content (AvgIpc) is 3.54. The molecular weight excluding hydrogens is 732 g/mol. The number of nitrogens with zero attached hydrogens (tertiary/aromatic N) is 3. The minimum atomic E-state index is -4.06. The van der Waals surface area contributed by atoms with Crippen molar-refractivity contribution in [1.29, 1.82) is 0 Å². The summed E-state index contributed by atoms with van der Waals surface area (Å²) in [5.74, 6) is -3.42. The van der Waals surface area contributed by atoms with Crippen LogP contribution < -0.4 is 20.1 Å². The molecule has 16 heteroatoms. The summed E-state index contributed by atoms with van der Waals surface area (Å²) < 4.78 is 54.2. The van der Waals surface area contributed by atoms with Crippen molar-refractivity contribution in [1.82, 2.24) is 30.2 Å². The molecule has 5 atom stereocenters. The van der Waals surface area contributed by atoms with Gasteiger partial charge in [-0.3, -0.25) is 23.9 Å². The summed E-state index contributed by atoms with van der Waals surface area (Å²) >= 11 is 0. The lowest BCUT2D eigenvalue weighted by Gasteiger charge is -2.42. The van der Waals surface area contributed by atoms with Crippen molar-refractivity contribution >= 4 is 44.7 Å². The van der Waals surface area contributed by atoms with Gasteiger partial charge in [0.2, 0.25) is 27.7 Å². The monoisotopic (exact) mass is 776 g/mol. The predicted molar refractivity (Wildman–Crippen MR) is 199 cm³/mol. The van der Waals surface area contributed by atoms with E-state index in [0.29, 0.717) is 49.1 Å². The zero-order valence-electron chi connectivity index (χ0n) is 31.0. The minimum absolute atomic E-state index is 0.00568. The molecule has 2 aliphatic carbocycles. The molecule has 0 bridgehead atoms. The molecule has 2 aliphatic heterocycles. The van der Waals surface area contributed by atoms with Crippen molar-refractivity contribution < 1.29 is 41.1 Å². The third-order valence-electron chi connectivity index (χ3n) is 11.0. The molecule has 4 amide bonds. The molecule has 0 spiro atoms. The van der Waals surface area contributed by atoms with Gasteiger partial charge in [0.15, 0.2) is 11.6 Å². The van der Waals surface area contributed by atoms with Gasteiger partial charge in [-0.1, -0.05) is 50.1 Å². The molecule has 14 nitrogen and oxygen atoms in total. The smallest absolute Gasteiger partial charge is 0.287 e. The largest absolute Gasteiger partial charge is 0.471 e. The minimum Gasteiger partial charge on any atom is -0.471 e. The molecule has 55 heavy (non-hydrogen) atoms. The van der Waals surface area contributed by atoms with Crippen LogP contribution in [-0.4, -0.2) is 81.9 Å². The Bertz CT molecular complexity index is 2200. The highest BCUT2D eigenvalue weighted by Crippen LogP contribution is 2.43. The number of furan rings is 1. The molecule has 7 rings (SSSR count). The Morgan fingerprint density at radius 3 is 2.60 bits per heavy atom. The fourth-order valence-corrected chi connectivity index (χ4v) is 8.58. The van der Waals surface area contributed by atoms with Crippen molar-refractivity contribution in [3.8, 4) is 5.88 Å². The van der Waals surface area contributed by atoms with Crippen LogP contribution in [0.5, 0.6) is 5.88 Å². The van der Waals surface area contributed by atoms with Gasteiger partial charge in [0.1, 0.15) is 40.7 Å². The van der Waals surface area contributed by atoms with Gasteiger partial charge in [0.05, 0.1) is 16.8 Å². The summed E-state index contributed by atoms with van der Waals surface area (Å²) in [4.78, 5) is 66.7. The summed E-state index contributed by atoms with van der Waals surface area (Å²) in [5, 5.41) is 5.63. The van der Waals surface area contributed by atoms with Crippen molar-refractivity contribution in [2.75, 3.05) is 6.54 Å². The normalized spacial score (nSPS) is 26.5. The summed E-state index contributed by atoms with van der Waals surface area (Å²) in [7, 11) is -4.06. The molecule has 1 saturated heterocycles. The SMILES string of the molecule is CCc1nc2cccc(F)c2nc1OC1CC2C(=O)NC3(C(=O)NS(=O)(=O)C4(C)CC4)C=CC3C=CCCCCCC(NC(=O)c3ccc(C)o3)C(=O)N2C1. The molecule has 3 N–H and O–H groups in total. The molecule has 4 heterocycles. The number of halogens is 1. The number of aromatic nitrogens is 2. The quantitative estimate of drug-likeness (QED) is 0.283. The van der Waals surface area contributed by atoms with Crippen LogP contribution in [0.2, 0.25) is 0 Å². The van der Waals surface area contributed by atoms with E-state index in [0.717, 1.165) is 12.8 Å². The second-order valence-electron chi connectivity index (χ2n) is 15.0. The number of sulfonamides is 1. The summed E-state index contributed by atoms with van der Waals surface area (Å²) in [6, 6.07) is 5.32. The van der Waals surface area contributed by atoms with Gasteiger partial charge in [-0.2, -0.15) is 0 Å². The number of carbonyl (C=O) groups excluding carboxylic acids is 4. The number of allylic oxidation sites excluding steroid dienone is 1. The van der Waals surface area contributed by atoms with E-state index in [9.17, 15) is 32.0 Å². The van der Waals surface area contributed by atoms with E-state index in [1.807, 2.05) is 13.0 Å². The van der Waals surface area contributed by atoms with Crippen LogP contribution in [-0.2, 0) is 30.8 Å². The number of aryl methyl sites for hydroxylation is 2. The van der Waals surface area contributed by atoms with E-state index >= 15 is 0 Å². The highest BCUT2D eigenvalue weighted by Gasteiger charge is 2.56. The maximum atomic E-state index is 14.8. The maximum absolute atomic E-state index is 14.8. The second-order valence-corrected chi connectivity index (χ2v) is 17.2. The standard InChI is InChI=1S/C39H45FN6O8S/c1-4-27-35(43-32-26(40)12-10-14-28(32)41-27)54-25-21-30-33(47)44-39(37(50)45-55(51,52)38(3)19-20-38)18-17-24(39)11-8-6-5-7-9-13-29(36(49)46(30)22-25)42-34(48)31-16-15-23(2)53-31/h8,10-12,14-18,24-25,29-30H,4-7,9,13,19-22H2,1-3H3,(H,42,48)(H,44,47)(H,45,50). The Kier molecular flexibility index (Phi) is 10.3. The first kappa shape index (κ1) is 38.2. The van der Waals surface area contributed by atoms with Gasteiger partial charge in [-0.15, -0.1) is 0 Å². The number of benzene rings is 1. The molecule has 0 radical (unpaired) electrons. The van der Waals surface area contributed by atoms with E-state index in [1.54, 1.807) is 38.1 Å². The second kappa shape index (κ2) is 14.8. The van der Waals surface area contributed by atoms with Gasteiger partial charge in [-0.25, -0.2) is 22.8 Å². The molecule has 4 aliphatic rings. The Morgan fingerprint density at radius 1 is 1.11 bits per heavy atom. The fraction of sp³-hybridized carbons (Fsp3) is 0.487. The summed E-state index contributed by atoms with van der Waals surface area (Å²) in [5.41, 5.74) is -0.957. The number of amides is 4. The Hall–Kier alpha value is -5.12. The van der Waals surface area contributed by atoms with Crippen LogP contribution in [0.4, 0.5) is 4.39 Å². The van der Waals surface area contributed by atoms with E-state index in [-0.39, 0.29) is 36.5 Å². The Balaban J connectivity index is 1.23. The molecule has 3 aromatic rings. The molecule has 2 fully saturated rings. The van der Waals surface area contributed by atoms with Gasteiger partial charge in [0.25, 0.3) is 11.8 Å². The van der Waals surface area contributed by atoms with Crippen LogP contribution in [0.25, 0.3) is 11.0 Å². The van der Waals surface area contributed by atoms with Crippen LogP contribution in [0.3, 0.4) is 0 Å². The molecule has 1 aromatic carbocycles. The number of hydrogen-bond acceptors (Lipinski definition) is 10. The lowest BCUT2D eigenvalue weighted by molar-refractivity contribution is -0.142. The fourth-order valence-electron chi connectivity index (χ4n) is 7.28. The summed E-state index contributed by atoms with van der Waals surface area (Å²) in [6.07, 6.45) is 10.1. The molecule has 5 unspecified atom stereocenters. The molecule has 1 saturated carbocycles. The number of carbonyl (C=O) groups is 4. The Morgan fingerprint density at radius 2 is 1.91 bits per heavy atom. The van der Waals surface area contributed by atoms with E-state index in [1.165, 1.54) is 29.2 Å². The number of fused-ring (bicyclic) bond motifs is 3. The number of rotatable bonds is 8. The van der Waals surface area contributed by atoms with E-state index < -0.39 is 73.9 Å².